The molecule has 1 heterocycles. The lowest BCUT2D eigenvalue weighted by atomic mass is 10.2. The van der Waals surface area contributed by atoms with E-state index in [1.165, 1.54) is 0 Å². The average molecular weight is 412 g/mol. The van der Waals surface area contributed by atoms with Gasteiger partial charge in [0.1, 0.15) is 18.1 Å². The molecule has 0 bridgehead atoms. The second kappa shape index (κ2) is 7.74. The molecule has 0 spiro atoms. The van der Waals surface area contributed by atoms with Gasteiger partial charge in [0.05, 0.1) is 10.6 Å². The Kier molecular flexibility index (Phi) is 5.80. The maximum absolute atomic E-state index is 13.1. The Morgan fingerprint density at radius 2 is 2.04 bits per heavy atom. The summed E-state index contributed by atoms with van der Waals surface area (Å²) in [6.45, 7) is -3.28. The van der Waals surface area contributed by atoms with Crippen molar-refractivity contribution in [2.45, 2.75) is 26.3 Å². The largest absolute Gasteiger partial charge is 0.442 e. The molecule has 1 aromatic heterocycles. The van der Waals surface area contributed by atoms with Crippen molar-refractivity contribution in [1.29, 1.82) is 0 Å². The summed E-state index contributed by atoms with van der Waals surface area (Å²) in [6, 6.07) is 2.28. The molecular formula is C14H10F6N4O4. The second-order valence-electron chi connectivity index (χ2n) is 5.26. The summed E-state index contributed by atoms with van der Waals surface area (Å²) in [6.07, 6.45) is -5.13. The zero-order valence-electron chi connectivity index (χ0n) is 13.8. The predicted octanol–water partition coefficient (Wildman–Crippen LogP) is 3.50. The Morgan fingerprint density at radius 1 is 1.39 bits per heavy atom. The highest BCUT2D eigenvalue weighted by atomic mass is 19.4. The van der Waals surface area contributed by atoms with Gasteiger partial charge in [-0.2, -0.15) is 27.1 Å². The van der Waals surface area contributed by atoms with Gasteiger partial charge >= 0.3 is 18.5 Å². The Balaban J connectivity index is 2.29. The third-order valence-electron chi connectivity index (χ3n) is 3.35. The minimum Gasteiger partial charge on any atom is -0.432 e. The molecule has 0 saturated carbocycles. The van der Waals surface area contributed by atoms with Crippen LogP contribution in [-0.2, 0) is 17.5 Å². The van der Waals surface area contributed by atoms with E-state index in [-0.39, 0.29) is 5.69 Å². The molecule has 2 aromatic rings. The van der Waals surface area contributed by atoms with E-state index in [1.54, 1.807) is 0 Å². The number of carbonyl (C=O) groups excluding carboxylic acids is 1. The number of hydrogen-bond acceptors (Lipinski definition) is 5. The zero-order valence-corrected chi connectivity index (χ0v) is 13.8. The molecule has 0 unspecified atom stereocenters. The van der Waals surface area contributed by atoms with Crippen LogP contribution in [0.3, 0.4) is 0 Å². The van der Waals surface area contributed by atoms with Gasteiger partial charge in [0.2, 0.25) is 11.6 Å². The number of anilines is 1. The molecule has 14 heteroatoms. The molecule has 8 nitrogen and oxygen atoms in total. The molecular weight excluding hydrogens is 402 g/mol. The molecule has 1 amide bonds. The summed E-state index contributed by atoms with van der Waals surface area (Å²) < 4.78 is 81.0. The second-order valence-corrected chi connectivity index (χ2v) is 5.26. The number of nitro groups is 1. The fraction of sp³-hybridized carbons (Fsp3) is 0.286. The summed E-state index contributed by atoms with van der Waals surface area (Å²) in [7, 11) is 0. The third-order valence-corrected chi connectivity index (χ3v) is 3.35. The van der Waals surface area contributed by atoms with E-state index in [0.29, 0.717) is 10.7 Å². The van der Waals surface area contributed by atoms with Gasteiger partial charge in [-0.25, -0.2) is 4.39 Å². The van der Waals surface area contributed by atoms with Crippen molar-refractivity contribution in [2.75, 3.05) is 5.32 Å². The Hall–Kier alpha value is -3.32. The first-order valence-corrected chi connectivity index (χ1v) is 7.23. The zero-order chi connectivity index (χ0) is 21.2. The van der Waals surface area contributed by atoms with Crippen molar-refractivity contribution in [2.24, 2.45) is 0 Å². The van der Waals surface area contributed by atoms with Gasteiger partial charge in [-0.05, 0) is 19.1 Å². The Morgan fingerprint density at radius 3 is 2.54 bits per heavy atom. The van der Waals surface area contributed by atoms with Crippen LogP contribution in [0.2, 0.25) is 0 Å². The van der Waals surface area contributed by atoms with Crippen LogP contribution in [0.1, 0.15) is 11.4 Å². The van der Waals surface area contributed by atoms with E-state index in [4.69, 9.17) is 0 Å². The lowest BCUT2D eigenvalue weighted by molar-refractivity contribution is -0.388. The van der Waals surface area contributed by atoms with Crippen molar-refractivity contribution >= 4 is 17.3 Å². The minimum atomic E-state index is -5.13. The Bertz CT molecular complexity index is 912. The van der Waals surface area contributed by atoms with Crippen LogP contribution in [-0.4, -0.2) is 27.2 Å². The highest BCUT2D eigenvalue weighted by Crippen LogP contribution is 2.37. The number of aromatic nitrogens is 2. The fourth-order valence-electron chi connectivity index (χ4n) is 2.22. The standard InChI is InChI=1S/C14H10F6N4O4/c1-6-11(24(26)27)12(14(18,19)20)22-23(6)5-10(25)21-8-3-2-7(15)4-9(8)28-13(16)17/h2-4,13H,5H2,1H3,(H,21,25). The summed E-state index contributed by atoms with van der Waals surface area (Å²) >= 11 is 0. The maximum atomic E-state index is 13.1. The van der Waals surface area contributed by atoms with Crippen molar-refractivity contribution in [3.8, 4) is 5.75 Å². The number of carbonyl (C=O) groups is 1. The van der Waals surface area contributed by atoms with Crippen molar-refractivity contribution in [3.63, 3.8) is 0 Å². The first-order valence-electron chi connectivity index (χ1n) is 7.23. The summed E-state index contributed by atoms with van der Waals surface area (Å²) in [5, 5.41) is 16.0. The predicted molar refractivity (Wildman–Crippen MR) is 80.3 cm³/mol. The highest BCUT2D eigenvalue weighted by molar-refractivity contribution is 5.92. The van der Waals surface area contributed by atoms with E-state index in [2.05, 4.69) is 9.84 Å². The van der Waals surface area contributed by atoms with Crippen molar-refractivity contribution < 1.29 is 40.8 Å². The highest BCUT2D eigenvalue weighted by Gasteiger charge is 2.44. The number of alkyl halides is 5. The molecule has 1 aromatic carbocycles. The van der Waals surface area contributed by atoms with E-state index in [9.17, 15) is 41.3 Å². The minimum absolute atomic E-state index is 0.387. The molecule has 0 saturated heterocycles. The molecule has 28 heavy (non-hydrogen) atoms. The molecule has 0 aliphatic carbocycles. The van der Waals surface area contributed by atoms with E-state index < -0.39 is 58.8 Å². The average Bonchev–Trinajstić information content (AvgIpc) is 2.86. The number of rotatable bonds is 6. The van der Waals surface area contributed by atoms with E-state index >= 15 is 0 Å². The number of amides is 1. The molecule has 1 N–H and O–H groups in total. The number of halogens is 6. The van der Waals surface area contributed by atoms with Crippen LogP contribution in [0.15, 0.2) is 18.2 Å². The van der Waals surface area contributed by atoms with Crippen LogP contribution in [0, 0.1) is 22.9 Å². The third kappa shape index (κ3) is 4.69. The quantitative estimate of drug-likeness (QED) is 0.445. The topological polar surface area (TPSA) is 99.3 Å². The van der Waals surface area contributed by atoms with Gasteiger partial charge < -0.3 is 10.1 Å². The number of hydrogen-bond donors (Lipinski definition) is 1. The van der Waals surface area contributed by atoms with Crippen molar-refractivity contribution in [3.05, 3.63) is 45.5 Å². The lowest BCUT2D eigenvalue weighted by Gasteiger charge is -2.12. The fourth-order valence-corrected chi connectivity index (χ4v) is 2.22. The summed E-state index contributed by atoms with van der Waals surface area (Å²) in [4.78, 5) is 21.6. The SMILES string of the molecule is Cc1c([N+](=O)[O-])c(C(F)(F)F)nn1CC(=O)Nc1ccc(F)cc1OC(F)F. The maximum Gasteiger partial charge on any atom is 0.442 e. The molecule has 0 atom stereocenters. The molecule has 2 rings (SSSR count). The van der Waals surface area contributed by atoms with Gasteiger partial charge in [0, 0.05) is 6.07 Å². The molecule has 152 valence electrons. The van der Waals surface area contributed by atoms with Crippen LogP contribution in [0.4, 0.5) is 37.7 Å². The molecule has 0 fully saturated rings. The van der Waals surface area contributed by atoms with Crippen LogP contribution in [0.5, 0.6) is 5.75 Å². The lowest BCUT2D eigenvalue weighted by Crippen LogP contribution is -2.21. The van der Waals surface area contributed by atoms with Gasteiger partial charge in [0.15, 0.2) is 5.75 Å². The van der Waals surface area contributed by atoms with Crippen molar-refractivity contribution in [1.82, 2.24) is 9.78 Å². The van der Waals surface area contributed by atoms with Crippen LogP contribution < -0.4 is 10.1 Å². The first kappa shape index (κ1) is 21.0. The first-order chi connectivity index (χ1) is 12.9. The van der Waals surface area contributed by atoms with Gasteiger partial charge in [0.25, 0.3) is 0 Å². The van der Waals surface area contributed by atoms with Gasteiger partial charge in [-0.1, -0.05) is 0 Å². The normalized spacial score (nSPS) is 11.6. The Labute approximate surface area is 151 Å². The number of ether oxygens (including phenoxy) is 1. The van der Waals surface area contributed by atoms with Gasteiger partial charge in [-0.15, -0.1) is 0 Å². The number of nitrogens with one attached hydrogen (secondary N) is 1. The van der Waals surface area contributed by atoms with Gasteiger partial charge in [-0.3, -0.25) is 19.6 Å². The van der Waals surface area contributed by atoms with Crippen LogP contribution in [0.25, 0.3) is 0 Å². The van der Waals surface area contributed by atoms with Crippen LogP contribution >= 0.6 is 0 Å². The van der Waals surface area contributed by atoms with E-state index in [0.717, 1.165) is 19.1 Å². The molecule has 0 aliphatic rings. The van der Waals surface area contributed by atoms with E-state index in [1.807, 2.05) is 5.32 Å². The number of nitrogens with zero attached hydrogens (tertiary/aromatic N) is 3. The summed E-state index contributed by atoms with van der Waals surface area (Å²) in [5.41, 5.74) is -4.03. The monoisotopic (exact) mass is 412 g/mol. The number of benzene rings is 1. The molecule has 0 aliphatic heterocycles. The summed E-state index contributed by atoms with van der Waals surface area (Å²) in [5.74, 6) is -2.73. The smallest absolute Gasteiger partial charge is 0.432 e. The molecule has 0 radical (unpaired) electrons.